The maximum absolute atomic E-state index is 13.1. The van der Waals surface area contributed by atoms with E-state index in [1.54, 1.807) is 13.1 Å². The summed E-state index contributed by atoms with van der Waals surface area (Å²) < 4.78 is 25.9. The van der Waals surface area contributed by atoms with Gasteiger partial charge < -0.3 is 10.6 Å². The summed E-state index contributed by atoms with van der Waals surface area (Å²) >= 11 is 0. The van der Waals surface area contributed by atoms with Gasteiger partial charge in [0.05, 0.1) is 11.3 Å². The van der Waals surface area contributed by atoms with Gasteiger partial charge in [-0.25, -0.2) is 8.78 Å². The van der Waals surface area contributed by atoms with Gasteiger partial charge in [-0.3, -0.25) is 9.78 Å². The normalized spacial score (nSPS) is 10.3. The Labute approximate surface area is 121 Å². The summed E-state index contributed by atoms with van der Waals surface area (Å²) in [5.74, 6) is -2.18. The lowest BCUT2D eigenvalue weighted by Gasteiger charge is -2.10. The minimum Gasteiger partial charge on any atom is -0.387 e. The summed E-state index contributed by atoms with van der Waals surface area (Å²) in [5, 5.41) is 5.57. The van der Waals surface area contributed by atoms with Crippen molar-refractivity contribution in [1.82, 2.24) is 10.3 Å². The fourth-order valence-electron chi connectivity index (χ4n) is 1.87. The second-order valence-corrected chi connectivity index (χ2v) is 4.55. The van der Waals surface area contributed by atoms with Gasteiger partial charge in [0.2, 0.25) is 0 Å². The van der Waals surface area contributed by atoms with Crippen LogP contribution < -0.4 is 10.6 Å². The molecule has 110 valence electrons. The largest absolute Gasteiger partial charge is 0.387 e. The number of nitrogens with one attached hydrogen (secondary N) is 2. The number of carbonyl (C=O) groups is 1. The number of hydrogen-bond donors (Lipinski definition) is 2. The Bertz CT molecular complexity index is 674. The number of halogens is 2. The number of carbonyl (C=O) groups excluding carboxylic acids is 1. The third-order valence-corrected chi connectivity index (χ3v) is 2.99. The molecule has 0 bridgehead atoms. The van der Waals surface area contributed by atoms with Crippen molar-refractivity contribution in [2.45, 2.75) is 13.5 Å². The lowest BCUT2D eigenvalue weighted by molar-refractivity contribution is 0.0951. The Kier molecular flexibility index (Phi) is 4.47. The summed E-state index contributed by atoms with van der Waals surface area (Å²) in [6.45, 7) is 1.93. The molecule has 0 aliphatic heterocycles. The van der Waals surface area contributed by atoms with Crippen molar-refractivity contribution >= 4 is 11.6 Å². The molecule has 1 heterocycles. The van der Waals surface area contributed by atoms with Crippen molar-refractivity contribution in [2.75, 3.05) is 12.4 Å². The molecule has 0 saturated carbocycles. The van der Waals surface area contributed by atoms with Crippen LogP contribution in [0.1, 0.15) is 21.6 Å². The molecule has 0 unspecified atom stereocenters. The monoisotopic (exact) mass is 291 g/mol. The lowest BCUT2D eigenvalue weighted by atomic mass is 10.1. The maximum atomic E-state index is 13.1. The van der Waals surface area contributed by atoms with Crippen LogP contribution in [0.25, 0.3) is 0 Å². The molecule has 2 aromatic rings. The standard InChI is InChI=1S/C15H15F2N3O/c1-9-5-14(18-2)11(8-19-9)15(21)20-7-10-3-4-12(16)13(17)6-10/h3-6,8H,7H2,1-2H3,(H,18,19)(H,20,21). The highest BCUT2D eigenvalue weighted by molar-refractivity contribution is 5.99. The Hall–Kier alpha value is -2.50. The summed E-state index contributed by atoms with van der Waals surface area (Å²) in [6.07, 6.45) is 1.47. The average molecular weight is 291 g/mol. The van der Waals surface area contributed by atoms with Crippen LogP contribution >= 0.6 is 0 Å². The Balaban J connectivity index is 2.09. The first-order chi connectivity index (χ1) is 10.0. The molecular weight excluding hydrogens is 276 g/mol. The average Bonchev–Trinajstić information content (AvgIpc) is 2.48. The van der Waals surface area contributed by atoms with E-state index >= 15 is 0 Å². The van der Waals surface area contributed by atoms with E-state index in [1.807, 2.05) is 6.92 Å². The second-order valence-electron chi connectivity index (χ2n) is 4.55. The molecule has 0 radical (unpaired) electrons. The van der Waals surface area contributed by atoms with Crippen molar-refractivity contribution in [3.8, 4) is 0 Å². The minimum atomic E-state index is -0.935. The van der Waals surface area contributed by atoms with E-state index in [4.69, 9.17) is 0 Å². The first-order valence-electron chi connectivity index (χ1n) is 6.38. The van der Waals surface area contributed by atoms with E-state index in [0.717, 1.165) is 17.8 Å². The molecule has 4 nitrogen and oxygen atoms in total. The molecule has 0 aliphatic rings. The van der Waals surface area contributed by atoms with Crippen molar-refractivity contribution in [1.29, 1.82) is 0 Å². The molecule has 2 N–H and O–H groups in total. The number of amides is 1. The van der Waals surface area contributed by atoms with Crippen molar-refractivity contribution < 1.29 is 13.6 Å². The SMILES string of the molecule is CNc1cc(C)ncc1C(=O)NCc1ccc(F)c(F)c1. The van der Waals surface area contributed by atoms with Gasteiger partial charge in [0.15, 0.2) is 11.6 Å². The zero-order chi connectivity index (χ0) is 15.4. The van der Waals surface area contributed by atoms with Crippen LogP contribution in [0.5, 0.6) is 0 Å². The first-order valence-corrected chi connectivity index (χ1v) is 6.38. The predicted octanol–water partition coefficient (Wildman–Crippen LogP) is 2.64. The molecule has 0 atom stereocenters. The van der Waals surface area contributed by atoms with E-state index in [2.05, 4.69) is 15.6 Å². The van der Waals surface area contributed by atoms with Gasteiger partial charge in [0.1, 0.15) is 0 Å². The quantitative estimate of drug-likeness (QED) is 0.910. The van der Waals surface area contributed by atoms with Gasteiger partial charge in [-0.2, -0.15) is 0 Å². The number of aryl methyl sites for hydroxylation is 1. The number of benzene rings is 1. The summed E-state index contributed by atoms with van der Waals surface area (Å²) in [4.78, 5) is 16.2. The highest BCUT2D eigenvalue weighted by Crippen LogP contribution is 2.15. The second kappa shape index (κ2) is 6.30. The number of aromatic nitrogens is 1. The Morgan fingerprint density at radius 3 is 2.67 bits per heavy atom. The number of rotatable bonds is 4. The van der Waals surface area contributed by atoms with Crippen LogP contribution in [0.3, 0.4) is 0 Å². The smallest absolute Gasteiger partial charge is 0.255 e. The van der Waals surface area contributed by atoms with Crippen LogP contribution in [0, 0.1) is 18.6 Å². The Morgan fingerprint density at radius 1 is 1.24 bits per heavy atom. The fourth-order valence-corrected chi connectivity index (χ4v) is 1.87. The fraction of sp³-hybridized carbons (Fsp3) is 0.200. The third-order valence-electron chi connectivity index (χ3n) is 2.99. The molecule has 1 aromatic carbocycles. The Morgan fingerprint density at radius 2 is 2.00 bits per heavy atom. The molecule has 2 rings (SSSR count). The molecule has 0 fully saturated rings. The number of anilines is 1. The summed E-state index contributed by atoms with van der Waals surface area (Å²) in [7, 11) is 1.71. The van der Waals surface area contributed by atoms with Gasteiger partial charge in [-0.1, -0.05) is 6.07 Å². The molecule has 0 aliphatic carbocycles. The molecule has 0 spiro atoms. The maximum Gasteiger partial charge on any atom is 0.255 e. The summed E-state index contributed by atoms with van der Waals surface area (Å²) in [6, 6.07) is 5.27. The molecule has 1 aromatic heterocycles. The molecule has 6 heteroatoms. The number of hydrogen-bond acceptors (Lipinski definition) is 3. The zero-order valence-electron chi connectivity index (χ0n) is 11.7. The number of pyridine rings is 1. The van der Waals surface area contributed by atoms with Gasteiger partial charge in [0.25, 0.3) is 5.91 Å². The van der Waals surface area contributed by atoms with Gasteiger partial charge in [-0.05, 0) is 30.7 Å². The van der Waals surface area contributed by atoms with Crippen molar-refractivity contribution in [3.05, 3.63) is 58.9 Å². The molecule has 1 amide bonds. The number of nitrogens with zero attached hydrogens (tertiary/aromatic N) is 1. The van der Waals surface area contributed by atoms with Gasteiger partial charge in [-0.15, -0.1) is 0 Å². The van der Waals surface area contributed by atoms with Gasteiger partial charge in [0, 0.05) is 25.5 Å². The molecule has 21 heavy (non-hydrogen) atoms. The zero-order valence-corrected chi connectivity index (χ0v) is 11.7. The van der Waals surface area contributed by atoms with Crippen LogP contribution in [0.15, 0.2) is 30.5 Å². The summed E-state index contributed by atoms with van der Waals surface area (Å²) in [5.41, 5.74) is 2.32. The van der Waals surface area contributed by atoms with E-state index in [1.165, 1.54) is 12.3 Å². The first kappa shape index (κ1) is 14.9. The molecular formula is C15H15F2N3O. The van der Waals surface area contributed by atoms with Gasteiger partial charge >= 0.3 is 0 Å². The van der Waals surface area contributed by atoms with Crippen LogP contribution in [0.4, 0.5) is 14.5 Å². The van der Waals surface area contributed by atoms with Crippen LogP contribution in [0.2, 0.25) is 0 Å². The van der Waals surface area contributed by atoms with Crippen LogP contribution in [-0.4, -0.2) is 17.9 Å². The van der Waals surface area contributed by atoms with E-state index < -0.39 is 11.6 Å². The highest BCUT2D eigenvalue weighted by atomic mass is 19.2. The topological polar surface area (TPSA) is 54.0 Å². The minimum absolute atomic E-state index is 0.104. The van der Waals surface area contributed by atoms with E-state index in [-0.39, 0.29) is 12.5 Å². The lowest BCUT2D eigenvalue weighted by Crippen LogP contribution is -2.24. The van der Waals surface area contributed by atoms with Crippen LogP contribution in [-0.2, 0) is 6.54 Å². The van der Waals surface area contributed by atoms with Crippen molar-refractivity contribution in [2.24, 2.45) is 0 Å². The highest BCUT2D eigenvalue weighted by Gasteiger charge is 2.12. The predicted molar refractivity (Wildman–Crippen MR) is 76.0 cm³/mol. The van der Waals surface area contributed by atoms with Crippen molar-refractivity contribution in [3.63, 3.8) is 0 Å². The van der Waals surface area contributed by atoms with E-state index in [9.17, 15) is 13.6 Å². The van der Waals surface area contributed by atoms with E-state index in [0.29, 0.717) is 16.8 Å². The molecule has 0 saturated heterocycles. The third kappa shape index (κ3) is 3.53.